The highest BCUT2D eigenvalue weighted by atomic mass is 16.4. The largest absolute Gasteiger partial charge is 0.481 e. The van der Waals surface area contributed by atoms with E-state index in [1.165, 1.54) is 5.57 Å². The Morgan fingerprint density at radius 3 is 2.25 bits per heavy atom. The van der Waals surface area contributed by atoms with Gasteiger partial charge in [-0.1, -0.05) is 53.2 Å². The second kappa shape index (κ2) is 7.21. The highest BCUT2D eigenvalue weighted by molar-refractivity contribution is 6.05. The molecule has 36 heavy (non-hydrogen) atoms. The van der Waals surface area contributed by atoms with Crippen molar-refractivity contribution in [2.75, 3.05) is 0 Å². The van der Waals surface area contributed by atoms with E-state index in [1.54, 1.807) is 0 Å². The molecule has 0 bridgehead atoms. The van der Waals surface area contributed by atoms with Crippen LogP contribution >= 0.6 is 0 Å². The van der Waals surface area contributed by atoms with Crippen molar-refractivity contribution in [3.05, 3.63) is 23.3 Å². The first-order valence-electron chi connectivity index (χ1n) is 13.7. The number of ketones is 2. The fourth-order valence-corrected chi connectivity index (χ4v) is 9.98. The molecule has 0 spiro atoms. The lowest BCUT2D eigenvalue weighted by Gasteiger charge is -2.69. The molecule has 5 rings (SSSR count). The summed E-state index contributed by atoms with van der Waals surface area (Å²) in [6.45, 7) is 14.8. The van der Waals surface area contributed by atoms with E-state index in [2.05, 4.69) is 33.8 Å². The minimum atomic E-state index is -0.772. The van der Waals surface area contributed by atoms with Gasteiger partial charge in [0.05, 0.1) is 11.0 Å². The first kappa shape index (κ1) is 25.4. The van der Waals surface area contributed by atoms with Gasteiger partial charge in [0.25, 0.3) is 0 Å². The van der Waals surface area contributed by atoms with E-state index in [0.29, 0.717) is 12.8 Å². The van der Waals surface area contributed by atoms with Gasteiger partial charge in [0.15, 0.2) is 11.6 Å². The topological polar surface area (TPSA) is 95.2 Å². The summed E-state index contributed by atoms with van der Waals surface area (Å²) in [5.74, 6) is -0.984. The van der Waals surface area contributed by atoms with E-state index < -0.39 is 22.2 Å². The van der Waals surface area contributed by atoms with Gasteiger partial charge in [0, 0.05) is 16.7 Å². The number of aliphatic carboxylic acids is 1. The molecule has 5 aliphatic rings. The fraction of sp³-hybridized carbons (Fsp3) is 0.742. The van der Waals surface area contributed by atoms with E-state index >= 15 is 0 Å². The molecule has 0 amide bonds. The number of nitrogens with zero attached hydrogens (tertiary/aromatic N) is 1. The maximum Gasteiger partial charge on any atom is 0.309 e. The Kier molecular flexibility index (Phi) is 5.09. The van der Waals surface area contributed by atoms with Gasteiger partial charge in [-0.05, 0) is 86.0 Å². The molecule has 5 aliphatic carbocycles. The third-order valence-corrected chi connectivity index (χ3v) is 12.6. The van der Waals surface area contributed by atoms with Gasteiger partial charge in [0.1, 0.15) is 6.07 Å². The van der Waals surface area contributed by atoms with E-state index in [-0.39, 0.29) is 51.1 Å². The van der Waals surface area contributed by atoms with Crippen LogP contribution in [0.5, 0.6) is 0 Å². The zero-order valence-electron chi connectivity index (χ0n) is 23.0. The molecule has 0 aliphatic heterocycles. The lowest BCUT2D eigenvalue weighted by atomic mass is 9.34. The monoisotopic (exact) mass is 491 g/mol. The number of Topliss-reactive ketones (excluding diaryl/α,β-unsaturated/α-hetero) is 1. The molecule has 0 radical (unpaired) electrons. The maximum absolute atomic E-state index is 14.3. The molecular weight excluding hydrogens is 450 g/mol. The van der Waals surface area contributed by atoms with Crippen LogP contribution in [0.3, 0.4) is 0 Å². The summed E-state index contributed by atoms with van der Waals surface area (Å²) >= 11 is 0. The van der Waals surface area contributed by atoms with E-state index in [0.717, 1.165) is 32.1 Å². The molecule has 0 aromatic rings. The third kappa shape index (κ3) is 2.85. The Morgan fingerprint density at radius 2 is 1.64 bits per heavy atom. The summed E-state index contributed by atoms with van der Waals surface area (Å²) in [7, 11) is 0. The lowest BCUT2D eigenvalue weighted by molar-refractivity contribution is -0.172. The number of hydrogen-bond acceptors (Lipinski definition) is 4. The number of hydrogen-bond donors (Lipinski definition) is 1. The SMILES string of the molecule is CC1(C(=O)O)CC[C@]2(C)CC[C@]3(C)C(=CC(=O)[C@@H]4[C@@]5(C)C=C(C#N)C(=O)C(C)(C)C5CC[C@]43C)[C@H]2C1. The van der Waals surface area contributed by atoms with Crippen molar-refractivity contribution >= 4 is 17.5 Å². The van der Waals surface area contributed by atoms with Crippen LogP contribution in [-0.2, 0) is 14.4 Å². The Bertz CT molecular complexity index is 1190. The smallest absolute Gasteiger partial charge is 0.309 e. The van der Waals surface area contributed by atoms with Gasteiger partial charge in [-0.25, -0.2) is 0 Å². The molecule has 2 unspecified atom stereocenters. The van der Waals surface area contributed by atoms with Crippen molar-refractivity contribution in [1.29, 1.82) is 5.26 Å². The van der Waals surface area contributed by atoms with Crippen LogP contribution in [0, 0.1) is 61.6 Å². The number of carboxylic acid groups (broad SMARTS) is 1. The van der Waals surface area contributed by atoms with Crippen molar-refractivity contribution in [3.8, 4) is 6.07 Å². The zero-order chi connectivity index (χ0) is 26.7. The highest BCUT2D eigenvalue weighted by Gasteiger charge is 2.70. The van der Waals surface area contributed by atoms with Crippen LogP contribution in [0.1, 0.15) is 93.4 Å². The van der Waals surface area contributed by atoms with E-state index in [4.69, 9.17) is 0 Å². The van der Waals surface area contributed by atoms with Crippen molar-refractivity contribution in [3.63, 3.8) is 0 Å². The third-order valence-electron chi connectivity index (χ3n) is 12.6. The van der Waals surface area contributed by atoms with Crippen LogP contribution in [0.15, 0.2) is 23.3 Å². The molecule has 0 heterocycles. The molecule has 3 fully saturated rings. The Hall–Kier alpha value is -2.22. The number of carboxylic acids is 1. The number of carbonyl (C=O) groups excluding carboxylic acids is 2. The molecule has 8 atom stereocenters. The first-order chi connectivity index (χ1) is 16.5. The molecule has 194 valence electrons. The normalized spacial score (nSPS) is 49.3. The van der Waals surface area contributed by atoms with Gasteiger partial charge >= 0.3 is 5.97 Å². The molecule has 5 nitrogen and oxygen atoms in total. The molecule has 0 aromatic carbocycles. The summed E-state index contributed by atoms with van der Waals surface area (Å²) < 4.78 is 0. The molecule has 5 heteroatoms. The van der Waals surface area contributed by atoms with Crippen molar-refractivity contribution in [2.24, 2.45) is 50.2 Å². The summed E-state index contributed by atoms with van der Waals surface area (Å²) in [6.07, 6.45) is 9.57. The summed E-state index contributed by atoms with van der Waals surface area (Å²) in [5.41, 5.74) is -1.23. The number of allylic oxidation sites excluding steroid dienone is 4. The quantitative estimate of drug-likeness (QED) is 0.465. The van der Waals surface area contributed by atoms with Crippen molar-refractivity contribution < 1.29 is 19.5 Å². The second-order valence-electron chi connectivity index (χ2n) is 14.6. The molecule has 0 aromatic heterocycles. The maximum atomic E-state index is 14.3. The first-order valence-corrected chi connectivity index (χ1v) is 13.7. The minimum absolute atomic E-state index is 0.00554. The van der Waals surface area contributed by atoms with Gasteiger partial charge in [0.2, 0.25) is 0 Å². The molecule has 1 N–H and O–H groups in total. The van der Waals surface area contributed by atoms with Crippen LogP contribution in [0.4, 0.5) is 0 Å². The average molecular weight is 492 g/mol. The van der Waals surface area contributed by atoms with Gasteiger partial charge in [-0.15, -0.1) is 0 Å². The second-order valence-corrected chi connectivity index (χ2v) is 14.6. The predicted molar refractivity (Wildman–Crippen MR) is 137 cm³/mol. The Labute approximate surface area is 215 Å². The van der Waals surface area contributed by atoms with Crippen LogP contribution in [-0.4, -0.2) is 22.6 Å². The zero-order valence-corrected chi connectivity index (χ0v) is 23.0. The van der Waals surface area contributed by atoms with Crippen LogP contribution < -0.4 is 0 Å². The van der Waals surface area contributed by atoms with Crippen LogP contribution in [0.25, 0.3) is 0 Å². The molecule has 0 saturated heterocycles. The van der Waals surface area contributed by atoms with Crippen LogP contribution in [0.2, 0.25) is 0 Å². The Balaban J connectivity index is 1.68. The number of carbonyl (C=O) groups is 3. The average Bonchev–Trinajstić information content (AvgIpc) is 2.78. The van der Waals surface area contributed by atoms with Gasteiger partial charge in [-0.2, -0.15) is 5.26 Å². The fourth-order valence-electron chi connectivity index (χ4n) is 9.98. The number of nitriles is 1. The standard InChI is InChI=1S/C31H41NO4/c1-26(2)22-8-9-31(7)23(29(22,5)15-18(17-32)24(26)34)21(33)14-19-20-16-28(4,25(35)36)11-10-27(20,3)12-13-30(19,31)6/h14-15,20,22-23H,8-13,16H2,1-7H3,(H,35,36)/t20-,22?,23-,27-,28?,29+,30-,31-/m1/s1. The van der Waals surface area contributed by atoms with Gasteiger partial charge < -0.3 is 5.11 Å². The minimum Gasteiger partial charge on any atom is -0.481 e. The summed E-state index contributed by atoms with van der Waals surface area (Å²) in [4.78, 5) is 39.7. The predicted octanol–water partition coefficient (Wildman–Crippen LogP) is 6.29. The highest BCUT2D eigenvalue weighted by Crippen LogP contribution is 2.74. The summed E-state index contributed by atoms with van der Waals surface area (Å²) in [5, 5.41) is 19.9. The van der Waals surface area contributed by atoms with Gasteiger partial charge in [-0.3, -0.25) is 14.4 Å². The van der Waals surface area contributed by atoms with Crippen molar-refractivity contribution in [2.45, 2.75) is 93.4 Å². The van der Waals surface area contributed by atoms with E-state index in [1.807, 2.05) is 32.9 Å². The van der Waals surface area contributed by atoms with Crippen molar-refractivity contribution in [1.82, 2.24) is 0 Å². The summed E-state index contributed by atoms with van der Waals surface area (Å²) in [6, 6.07) is 2.15. The molecular formula is C31H41NO4. The molecule has 3 saturated carbocycles. The lowest BCUT2D eigenvalue weighted by Crippen LogP contribution is -2.65. The Morgan fingerprint density at radius 1 is 1.00 bits per heavy atom. The van der Waals surface area contributed by atoms with E-state index in [9.17, 15) is 24.8 Å². The number of fused-ring (bicyclic) bond motifs is 7. The number of rotatable bonds is 1.